The molecule has 6 aromatic rings. The third-order valence-corrected chi connectivity index (χ3v) is 9.89. The van der Waals surface area contributed by atoms with Gasteiger partial charge in [-0.1, -0.05) is 12.1 Å². The maximum atomic E-state index is 13.7. The molecule has 5 amide bonds. The maximum Gasteiger partial charge on any atom is 0.339 e. The predicted molar refractivity (Wildman–Crippen MR) is 242 cm³/mol. The van der Waals surface area contributed by atoms with Crippen LogP contribution in [0.5, 0.6) is 28.7 Å². The average molecular weight is 898 g/mol. The van der Waals surface area contributed by atoms with Crippen molar-refractivity contribution in [3.8, 4) is 28.7 Å². The van der Waals surface area contributed by atoms with Gasteiger partial charge in [0.1, 0.15) is 17.4 Å². The third kappa shape index (κ3) is 11.1. The summed E-state index contributed by atoms with van der Waals surface area (Å²) in [4.78, 5) is 82.2. The Morgan fingerprint density at radius 1 is 0.667 bits per heavy atom. The summed E-state index contributed by atoms with van der Waals surface area (Å²) in [5.41, 5.74) is 1.89. The number of phenols is 3. The second kappa shape index (κ2) is 20.4. The summed E-state index contributed by atoms with van der Waals surface area (Å²) in [5.74, 6) is -6.30. The smallest absolute Gasteiger partial charge is 0.339 e. The van der Waals surface area contributed by atoms with Crippen molar-refractivity contribution in [3.63, 3.8) is 0 Å². The van der Waals surface area contributed by atoms with Gasteiger partial charge in [-0.25, -0.2) is 9.78 Å². The largest absolute Gasteiger partial charge is 0.508 e. The first-order chi connectivity index (χ1) is 31.5. The number of carboxylic acid groups (broad SMARTS) is 1. The van der Waals surface area contributed by atoms with E-state index in [-0.39, 0.29) is 57.6 Å². The topological polar surface area (TPSA) is 280 Å². The van der Waals surface area contributed by atoms with Crippen molar-refractivity contribution in [3.05, 3.63) is 149 Å². The maximum absolute atomic E-state index is 13.7. The number of rotatable bonds is 16. The Labute approximate surface area is 376 Å². The van der Waals surface area contributed by atoms with Crippen molar-refractivity contribution in [2.45, 2.75) is 19.4 Å². The van der Waals surface area contributed by atoms with Gasteiger partial charge >= 0.3 is 5.97 Å². The van der Waals surface area contributed by atoms with Crippen molar-refractivity contribution in [1.82, 2.24) is 14.9 Å². The van der Waals surface area contributed by atoms with Crippen LogP contribution in [-0.4, -0.2) is 85.7 Å². The van der Waals surface area contributed by atoms with Crippen LogP contribution in [0.25, 0.3) is 6.08 Å². The zero-order chi connectivity index (χ0) is 47.7. The highest BCUT2D eigenvalue weighted by Gasteiger charge is 2.26. The molecule has 0 radical (unpaired) electrons. The number of nitrogens with one attached hydrogen (secondary N) is 5. The number of aromatic hydroxyl groups is 3. The monoisotopic (exact) mass is 897 g/mol. The Balaban J connectivity index is 1.09. The van der Waals surface area contributed by atoms with E-state index in [1.165, 1.54) is 80.9 Å². The van der Waals surface area contributed by atoms with Crippen LogP contribution >= 0.6 is 0 Å². The summed E-state index contributed by atoms with van der Waals surface area (Å²) in [6.45, 7) is 1.64. The fourth-order valence-electron chi connectivity index (χ4n) is 6.48. The summed E-state index contributed by atoms with van der Waals surface area (Å²) in [5, 5.41) is 53.4. The van der Waals surface area contributed by atoms with Crippen LogP contribution in [0.3, 0.4) is 0 Å². The van der Waals surface area contributed by atoms with E-state index in [0.717, 1.165) is 11.6 Å². The molecule has 1 heterocycles. The number of aryl methyl sites for hydroxylation is 1. The first-order valence-electron chi connectivity index (χ1n) is 19.8. The molecule has 1 aromatic heterocycles. The Morgan fingerprint density at radius 3 is 1.74 bits per heavy atom. The lowest BCUT2D eigenvalue weighted by Crippen LogP contribution is -2.45. The Bertz CT molecular complexity index is 2860. The first-order valence-corrected chi connectivity index (χ1v) is 19.8. The highest BCUT2D eigenvalue weighted by molar-refractivity contribution is 6.11. The molecule has 1 atom stereocenters. The number of aromatic nitrogens is 2. The Kier molecular flexibility index (Phi) is 14.3. The number of phenolic OH excluding ortho intramolecular Hbond substituents is 2. The molecule has 0 saturated carbocycles. The lowest BCUT2D eigenvalue weighted by molar-refractivity contribution is -0.118. The predicted octanol–water partition coefficient (Wildman–Crippen LogP) is 5.78. The lowest BCUT2D eigenvalue weighted by atomic mass is 10.1. The molecule has 19 heteroatoms. The SMILES string of the molecule is COc1c(NC(=O)c2ccc(NC(=O)c3ccc(NC(=O)[C@H](Cc4cn(C)cn4)NC(=O)c4ccc(NC(=O)/C(C)=C/c5ccc(O)cc5)cc4)cc3)c(OC)c2O)ccc(C(=O)O)c1O. The number of hydrogen-bond acceptors (Lipinski definition) is 12. The molecular formula is C47H43N7O12. The highest BCUT2D eigenvalue weighted by atomic mass is 16.5. The van der Waals surface area contributed by atoms with Crippen molar-refractivity contribution in [2.24, 2.45) is 7.05 Å². The van der Waals surface area contributed by atoms with Crippen LogP contribution in [0, 0.1) is 0 Å². The zero-order valence-electron chi connectivity index (χ0n) is 35.7. The average Bonchev–Trinajstić information content (AvgIpc) is 3.71. The highest BCUT2D eigenvalue weighted by Crippen LogP contribution is 2.40. The van der Waals surface area contributed by atoms with E-state index in [0.29, 0.717) is 22.6 Å². The van der Waals surface area contributed by atoms with Crippen molar-refractivity contribution in [1.29, 1.82) is 0 Å². The lowest BCUT2D eigenvalue weighted by Gasteiger charge is -2.18. The molecule has 0 bridgehead atoms. The van der Waals surface area contributed by atoms with Crippen LogP contribution < -0.4 is 36.1 Å². The van der Waals surface area contributed by atoms with E-state index in [1.807, 2.05) is 0 Å². The minimum absolute atomic E-state index is 0.00307. The van der Waals surface area contributed by atoms with Gasteiger partial charge in [0.2, 0.25) is 5.91 Å². The number of nitrogens with zero attached hydrogens (tertiary/aromatic N) is 2. The van der Waals surface area contributed by atoms with Gasteiger partial charge in [0.15, 0.2) is 23.0 Å². The fraction of sp³-hybridized carbons (Fsp3) is 0.128. The number of benzene rings is 5. The molecule has 338 valence electrons. The summed E-state index contributed by atoms with van der Waals surface area (Å²) in [6.07, 6.45) is 4.97. The molecule has 0 aliphatic rings. The molecule has 0 unspecified atom stereocenters. The van der Waals surface area contributed by atoms with Crippen LogP contribution in [0.4, 0.5) is 22.7 Å². The summed E-state index contributed by atoms with van der Waals surface area (Å²) < 4.78 is 12.1. The van der Waals surface area contributed by atoms with Crippen LogP contribution in [-0.2, 0) is 23.1 Å². The molecule has 0 aliphatic carbocycles. The van der Waals surface area contributed by atoms with Crippen molar-refractivity contribution >= 4 is 64.3 Å². The van der Waals surface area contributed by atoms with Crippen LogP contribution in [0.2, 0.25) is 0 Å². The molecule has 0 spiro atoms. The van der Waals surface area contributed by atoms with Gasteiger partial charge in [-0.15, -0.1) is 0 Å². The fourth-order valence-corrected chi connectivity index (χ4v) is 6.48. The van der Waals surface area contributed by atoms with E-state index in [2.05, 4.69) is 31.6 Å². The third-order valence-electron chi connectivity index (χ3n) is 9.89. The van der Waals surface area contributed by atoms with Gasteiger partial charge in [0, 0.05) is 47.7 Å². The van der Waals surface area contributed by atoms with Gasteiger partial charge in [-0.3, -0.25) is 24.0 Å². The van der Waals surface area contributed by atoms with Gasteiger partial charge < -0.3 is 61.1 Å². The molecule has 9 N–H and O–H groups in total. The van der Waals surface area contributed by atoms with E-state index in [1.54, 1.807) is 61.4 Å². The van der Waals surface area contributed by atoms with E-state index in [9.17, 15) is 49.2 Å². The number of carbonyl (C=O) groups excluding carboxylic acids is 5. The van der Waals surface area contributed by atoms with Crippen LogP contribution in [0.1, 0.15) is 59.6 Å². The minimum Gasteiger partial charge on any atom is -0.508 e. The van der Waals surface area contributed by atoms with Gasteiger partial charge in [0.25, 0.3) is 23.6 Å². The zero-order valence-corrected chi connectivity index (χ0v) is 35.7. The number of amides is 5. The number of carboxylic acids is 1. The van der Waals surface area contributed by atoms with Gasteiger partial charge in [0.05, 0.1) is 43.2 Å². The summed E-state index contributed by atoms with van der Waals surface area (Å²) in [6, 6.07) is 22.0. The summed E-state index contributed by atoms with van der Waals surface area (Å²) in [7, 11) is 4.14. The molecule has 6 rings (SSSR count). The number of imidazole rings is 1. The van der Waals surface area contributed by atoms with E-state index in [4.69, 9.17) is 9.47 Å². The van der Waals surface area contributed by atoms with E-state index < -0.39 is 52.7 Å². The number of carbonyl (C=O) groups is 6. The quantitative estimate of drug-likeness (QED) is 0.0522. The second-order valence-electron chi connectivity index (χ2n) is 14.6. The second-order valence-corrected chi connectivity index (χ2v) is 14.6. The standard InChI is InChI=1S/C47H43N7O12/c1-25(21-26-5-15-32(55)16-6-26)42(58)49-29-11-7-28(8-12-29)44(60)53-37(22-31-23-54(2)24-48-31)46(62)50-30-13-9-27(10-14-30)43(59)51-35-19-17-33(38(56)40(35)65-3)45(61)52-36-20-18-34(47(63)64)39(57)41(36)66-4/h5-21,23-24,37,55-57H,22H2,1-4H3,(H,49,58)(H,50,62)(H,51,59)(H,52,61)(H,53,60)(H,63,64)/b25-21+/t37-/m0/s1. The number of hydrogen-bond donors (Lipinski definition) is 9. The molecule has 5 aromatic carbocycles. The van der Waals surface area contributed by atoms with Crippen molar-refractivity contribution in [2.75, 3.05) is 35.5 Å². The van der Waals surface area contributed by atoms with Crippen molar-refractivity contribution < 1.29 is 58.7 Å². The molecular weight excluding hydrogens is 855 g/mol. The van der Waals surface area contributed by atoms with Gasteiger partial charge in [-0.05, 0) is 103 Å². The molecule has 0 aliphatic heterocycles. The molecule has 0 fully saturated rings. The first kappa shape index (κ1) is 46.4. The number of anilines is 4. The van der Waals surface area contributed by atoms with Gasteiger partial charge in [-0.2, -0.15) is 0 Å². The van der Waals surface area contributed by atoms with Crippen LogP contribution in [0.15, 0.2) is 115 Å². The number of methoxy groups -OCH3 is 2. The molecule has 0 saturated heterocycles. The number of aromatic carboxylic acids is 1. The Hall–Kier alpha value is -9.13. The normalized spacial score (nSPS) is 11.4. The molecule has 66 heavy (non-hydrogen) atoms. The summed E-state index contributed by atoms with van der Waals surface area (Å²) >= 11 is 0. The number of ether oxygens (including phenoxy) is 2. The minimum atomic E-state index is -1.42. The van der Waals surface area contributed by atoms with E-state index >= 15 is 0 Å². The molecule has 19 nitrogen and oxygen atoms in total. The Morgan fingerprint density at radius 2 is 1.20 bits per heavy atom.